The van der Waals surface area contributed by atoms with Gasteiger partial charge in [-0.1, -0.05) is 0 Å². The van der Waals surface area contributed by atoms with Gasteiger partial charge in [0.05, 0.1) is 19.8 Å². The Balaban J connectivity index is 2.67. The van der Waals surface area contributed by atoms with E-state index in [1.807, 2.05) is 0 Å². The van der Waals surface area contributed by atoms with Crippen molar-refractivity contribution in [2.45, 2.75) is 6.61 Å². The lowest BCUT2D eigenvalue weighted by Crippen LogP contribution is -2.02. The molecule has 0 aliphatic carbocycles. The first kappa shape index (κ1) is 10.6. The van der Waals surface area contributed by atoms with Gasteiger partial charge >= 0.3 is 5.97 Å². The summed E-state index contributed by atoms with van der Waals surface area (Å²) in [6.45, 7) is 0.135. The lowest BCUT2D eigenvalue weighted by molar-refractivity contribution is -0.194. The smallest absolute Gasteiger partial charge is 0.339 e. The van der Waals surface area contributed by atoms with E-state index in [9.17, 15) is 4.79 Å². The molecule has 0 amide bonds. The lowest BCUT2D eigenvalue weighted by atomic mass is 10.1. The van der Waals surface area contributed by atoms with E-state index in [0.717, 1.165) is 0 Å². The van der Waals surface area contributed by atoms with Crippen molar-refractivity contribution in [3.05, 3.63) is 17.2 Å². The number of aromatic carboxylic acids is 1. The van der Waals surface area contributed by atoms with Gasteiger partial charge in [0.1, 0.15) is 12.2 Å². The van der Waals surface area contributed by atoms with Crippen molar-refractivity contribution in [2.24, 2.45) is 0 Å². The average molecular weight is 226 g/mol. The molecule has 0 atom stereocenters. The summed E-state index contributed by atoms with van der Waals surface area (Å²) in [6, 6.07) is 1.34. The molecule has 1 aliphatic rings. The van der Waals surface area contributed by atoms with Crippen LogP contribution in [-0.2, 0) is 11.5 Å². The van der Waals surface area contributed by atoms with E-state index in [1.54, 1.807) is 0 Å². The Bertz CT molecular complexity index is 439. The van der Waals surface area contributed by atoms with Crippen LogP contribution in [0.1, 0.15) is 15.9 Å². The standard InChI is InChI=1S/C10H10O6/c1-13-7-3-5(10(11)12)8-6(4-15-16-8)9(7)14-2/h3H,4H2,1-2H3,(H,11,12). The zero-order valence-electron chi connectivity index (χ0n) is 8.77. The van der Waals surface area contributed by atoms with Crippen LogP contribution in [0.2, 0.25) is 0 Å². The minimum absolute atomic E-state index is 0.00912. The maximum Gasteiger partial charge on any atom is 0.339 e. The summed E-state index contributed by atoms with van der Waals surface area (Å²) in [5, 5.41) is 9.00. The van der Waals surface area contributed by atoms with Crippen LogP contribution in [0.15, 0.2) is 6.07 Å². The summed E-state index contributed by atoms with van der Waals surface area (Å²) in [5.74, 6) is -0.166. The van der Waals surface area contributed by atoms with Crippen molar-refractivity contribution in [2.75, 3.05) is 14.2 Å². The van der Waals surface area contributed by atoms with Crippen LogP contribution in [0, 0.1) is 0 Å². The second-order valence-corrected chi connectivity index (χ2v) is 3.12. The van der Waals surface area contributed by atoms with E-state index in [-0.39, 0.29) is 17.9 Å². The van der Waals surface area contributed by atoms with Gasteiger partial charge in [0.25, 0.3) is 0 Å². The number of benzene rings is 1. The third kappa shape index (κ3) is 1.43. The van der Waals surface area contributed by atoms with Gasteiger partial charge in [-0.05, 0) is 0 Å². The molecule has 0 saturated heterocycles. The molecule has 6 heteroatoms. The average Bonchev–Trinajstić information content (AvgIpc) is 2.74. The first-order valence-electron chi connectivity index (χ1n) is 4.49. The van der Waals surface area contributed by atoms with Crippen LogP contribution in [0.5, 0.6) is 17.2 Å². The van der Waals surface area contributed by atoms with Crippen LogP contribution in [0.25, 0.3) is 0 Å². The number of carboxylic acid groups (broad SMARTS) is 1. The molecular formula is C10H10O6. The Morgan fingerprint density at radius 3 is 2.75 bits per heavy atom. The van der Waals surface area contributed by atoms with Crippen LogP contribution < -0.4 is 14.4 Å². The van der Waals surface area contributed by atoms with Crippen molar-refractivity contribution in [3.63, 3.8) is 0 Å². The quantitative estimate of drug-likeness (QED) is 0.781. The maximum absolute atomic E-state index is 11.0. The maximum atomic E-state index is 11.0. The van der Waals surface area contributed by atoms with Gasteiger partial charge in [0, 0.05) is 6.07 Å². The number of rotatable bonds is 3. The highest BCUT2D eigenvalue weighted by Crippen LogP contribution is 2.43. The molecule has 2 rings (SSSR count). The highest BCUT2D eigenvalue weighted by molar-refractivity contribution is 5.93. The first-order chi connectivity index (χ1) is 7.69. The molecular weight excluding hydrogens is 216 g/mol. The molecule has 1 heterocycles. The molecule has 0 radical (unpaired) electrons. The van der Waals surface area contributed by atoms with Gasteiger partial charge in [0.15, 0.2) is 17.2 Å². The predicted molar refractivity (Wildman–Crippen MR) is 51.9 cm³/mol. The minimum atomic E-state index is -1.11. The second kappa shape index (κ2) is 3.90. The molecule has 86 valence electrons. The van der Waals surface area contributed by atoms with Crippen molar-refractivity contribution < 1.29 is 29.1 Å². The molecule has 1 aromatic rings. The minimum Gasteiger partial charge on any atom is -0.493 e. The van der Waals surface area contributed by atoms with E-state index in [1.165, 1.54) is 20.3 Å². The van der Waals surface area contributed by atoms with Crippen LogP contribution in [0.3, 0.4) is 0 Å². The molecule has 16 heavy (non-hydrogen) atoms. The zero-order valence-corrected chi connectivity index (χ0v) is 8.77. The lowest BCUT2D eigenvalue weighted by Gasteiger charge is -2.11. The van der Waals surface area contributed by atoms with E-state index in [2.05, 4.69) is 0 Å². The van der Waals surface area contributed by atoms with Crippen LogP contribution in [0.4, 0.5) is 0 Å². The number of hydrogen-bond acceptors (Lipinski definition) is 5. The number of methoxy groups -OCH3 is 2. The fraction of sp³-hybridized carbons (Fsp3) is 0.300. The molecule has 0 spiro atoms. The van der Waals surface area contributed by atoms with E-state index in [0.29, 0.717) is 17.1 Å². The number of fused-ring (bicyclic) bond motifs is 1. The Kier molecular flexibility index (Phi) is 2.57. The zero-order chi connectivity index (χ0) is 11.7. The molecule has 0 saturated carbocycles. The largest absolute Gasteiger partial charge is 0.493 e. The highest BCUT2D eigenvalue weighted by Gasteiger charge is 2.29. The van der Waals surface area contributed by atoms with Gasteiger partial charge in [-0.15, -0.1) is 0 Å². The topological polar surface area (TPSA) is 74.2 Å². The normalized spacial score (nSPS) is 12.9. The van der Waals surface area contributed by atoms with Crippen molar-refractivity contribution in [3.8, 4) is 17.2 Å². The van der Waals surface area contributed by atoms with E-state index in [4.69, 9.17) is 24.4 Å². The molecule has 0 fully saturated rings. The fourth-order valence-electron chi connectivity index (χ4n) is 1.58. The highest BCUT2D eigenvalue weighted by atomic mass is 17.2. The van der Waals surface area contributed by atoms with Gasteiger partial charge in [-0.25, -0.2) is 4.79 Å². The summed E-state index contributed by atoms with van der Waals surface area (Å²) >= 11 is 0. The molecule has 0 aromatic heterocycles. The Labute approximate surface area is 91.2 Å². The number of hydrogen-bond donors (Lipinski definition) is 1. The summed E-state index contributed by atoms with van der Waals surface area (Å²) < 4.78 is 10.2. The van der Waals surface area contributed by atoms with Crippen LogP contribution in [-0.4, -0.2) is 25.3 Å². The first-order valence-corrected chi connectivity index (χ1v) is 4.49. The van der Waals surface area contributed by atoms with Gasteiger partial charge in [-0.3, -0.25) is 0 Å². The van der Waals surface area contributed by atoms with E-state index < -0.39 is 5.97 Å². The second-order valence-electron chi connectivity index (χ2n) is 3.12. The number of carbonyl (C=O) groups is 1. The monoisotopic (exact) mass is 226 g/mol. The molecule has 1 aliphatic heterocycles. The Morgan fingerprint density at radius 1 is 1.44 bits per heavy atom. The molecule has 6 nitrogen and oxygen atoms in total. The molecule has 1 aromatic carbocycles. The van der Waals surface area contributed by atoms with Crippen molar-refractivity contribution >= 4 is 5.97 Å². The third-order valence-electron chi connectivity index (χ3n) is 2.29. The number of carboxylic acids is 1. The number of ether oxygens (including phenoxy) is 2. The van der Waals surface area contributed by atoms with Gasteiger partial charge in [0.2, 0.25) is 0 Å². The summed E-state index contributed by atoms with van der Waals surface area (Å²) in [6.07, 6.45) is 0. The molecule has 0 unspecified atom stereocenters. The Morgan fingerprint density at radius 2 is 2.19 bits per heavy atom. The molecule has 0 bridgehead atoms. The summed E-state index contributed by atoms with van der Waals surface area (Å²) in [4.78, 5) is 20.6. The SMILES string of the molecule is COc1cc(C(=O)O)c2c(c1OC)COO2. The van der Waals surface area contributed by atoms with Gasteiger partial charge < -0.3 is 19.5 Å². The van der Waals surface area contributed by atoms with Crippen molar-refractivity contribution in [1.82, 2.24) is 0 Å². The fourth-order valence-corrected chi connectivity index (χ4v) is 1.58. The van der Waals surface area contributed by atoms with E-state index >= 15 is 0 Å². The molecule has 1 N–H and O–H groups in total. The van der Waals surface area contributed by atoms with Crippen molar-refractivity contribution in [1.29, 1.82) is 0 Å². The summed E-state index contributed by atoms with van der Waals surface area (Å²) in [7, 11) is 2.91. The van der Waals surface area contributed by atoms with Gasteiger partial charge in [-0.2, -0.15) is 4.89 Å². The third-order valence-corrected chi connectivity index (χ3v) is 2.29. The summed E-state index contributed by atoms with van der Waals surface area (Å²) in [5.41, 5.74) is 0.532. The Hall–Kier alpha value is -1.95. The van der Waals surface area contributed by atoms with Crippen LogP contribution >= 0.6 is 0 Å². The predicted octanol–water partition coefficient (Wildman–Crippen LogP) is 1.23.